The van der Waals surface area contributed by atoms with Crippen LogP contribution in [0.5, 0.6) is 0 Å². The van der Waals surface area contributed by atoms with Crippen LogP contribution in [0.1, 0.15) is 27.4 Å². The van der Waals surface area contributed by atoms with Gasteiger partial charge >= 0.3 is 0 Å². The maximum atomic E-state index is 13.9. The Balaban J connectivity index is 1.72. The SMILES string of the molecule is Cc1cc(-c2nc(C(=O)NCc3ccccc3F)cnc2-c2ccc(F)cc2)cc(C)n1. The van der Waals surface area contributed by atoms with E-state index in [-0.39, 0.29) is 18.1 Å². The molecule has 0 spiro atoms. The maximum absolute atomic E-state index is 13.9. The smallest absolute Gasteiger partial charge is 0.271 e. The molecule has 0 bridgehead atoms. The highest BCUT2D eigenvalue weighted by molar-refractivity contribution is 5.93. The van der Waals surface area contributed by atoms with Crippen molar-refractivity contribution in [3.05, 3.63) is 101 Å². The van der Waals surface area contributed by atoms with E-state index in [0.717, 1.165) is 17.0 Å². The summed E-state index contributed by atoms with van der Waals surface area (Å²) in [5, 5.41) is 2.68. The molecule has 5 nitrogen and oxygen atoms in total. The number of hydrogen-bond donors (Lipinski definition) is 1. The predicted octanol–water partition coefficient (Wildman–Crippen LogP) is 5.03. The standard InChI is InChI=1S/C25H20F2N4O/c1-15-11-19(12-16(2)30-15)24-23(17-7-9-20(26)10-8-17)28-14-22(31-24)25(32)29-13-18-5-3-4-6-21(18)27/h3-12,14H,13H2,1-2H3,(H,29,32). The van der Waals surface area contributed by atoms with E-state index in [2.05, 4.69) is 20.3 Å². The number of carbonyl (C=O) groups is 1. The summed E-state index contributed by atoms with van der Waals surface area (Å²) in [5.74, 6) is -1.23. The number of benzene rings is 2. The van der Waals surface area contributed by atoms with Gasteiger partial charge in [0.05, 0.1) is 17.6 Å². The van der Waals surface area contributed by atoms with E-state index in [1.54, 1.807) is 30.3 Å². The second-order valence-corrected chi connectivity index (χ2v) is 7.37. The minimum absolute atomic E-state index is 0.0235. The highest BCUT2D eigenvalue weighted by Crippen LogP contribution is 2.30. The molecule has 4 aromatic rings. The van der Waals surface area contributed by atoms with Crippen molar-refractivity contribution < 1.29 is 13.6 Å². The number of carbonyl (C=O) groups excluding carboxylic acids is 1. The van der Waals surface area contributed by atoms with Gasteiger partial charge in [0.15, 0.2) is 0 Å². The molecule has 0 aliphatic heterocycles. The van der Waals surface area contributed by atoms with Gasteiger partial charge in [-0.2, -0.15) is 0 Å². The van der Waals surface area contributed by atoms with Crippen LogP contribution in [0.3, 0.4) is 0 Å². The average molecular weight is 430 g/mol. The number of nitrogens with zero attached hydrogens (tertiary/aromatic N) is 3. The summed E-state index contributed by atoms with van der Waals surface area (Å²) < 4.78 is 27.3. The first-order valence-electron chi connectivity index (χ1n) is 10.0. The summed E-state index contributed by atoms with van der Waals surface area (Å²) in [4.78, 5) is 26.2. The zero-order valence-corrected chi connectivity index (χ0v) is 17.6. The number of halogens is 2. The number of nitrogens with one attached hydrogen (secondary N) is 1. The predicted molar refractivity (Wildman–Crippen MR) is 118 cm³/mol. The van der Waals surface area contributed by atoms with Gasteiger partial charge in [0, 0.05) is 34.6 Å². The molecule has 0 saturated heterocycles. The Morgan fingerprint density at radius 3 is 2.25 bits per heavy atom. The van der Waals surface area contributed by atoms with Gasteiger partial charge in [-0.1, -0.05) is 18.2 Å². The molecule has 0 saturated carbocycles. The van der Waals surface area contributed by atoms with Gasteiger partial charge in [-0.05, 0) is 56.3 Å². The fourth-order valence-electron chi connectivity index (χ4n) is 3.40. The van der Waals surface area contributed by atoms with Crippen LogP contribution in [-0.2, 0) is 6.54 Å². The number of pyridine rings is 1. The molecule has 2 aromatic heterocycles. The molecule has 0 atom stereocenters. The first-order valence-corrected chi connectivity index (χ1v) is 10.0. The van der Waals surface area contributed by atoms with E-state index in [1.165, 1.54) is 24.4 Å². The fraction of sp³-hybridized carbons (Fsp3) is 0.120. The van der Waals surface area contributed by atoms with E-state index < -0.39 is 11.7 Å². The Morgan fingerprint density at radius 1 is 0.875 bits per heavy atom. The van der Waals surface area contributed by atoms with Crippen LogP contribution in [0.15, 0.2) is 66.9 Å². The molecule has 7 heteroatoms. The molecule has 160 valence electrons. The third-order valence-electron chi connectivity index (χ3n) is 4.87. The van der Waals surface area contributed by atoms with Crippen molar-refractivity contribution in [2.24, 2.45) is 0 Å². The second kappa shape index (κ2) is 9.01. The summed E-state index contributed by atoms with van der Waals surface area (Å²) in [6.07, 6.45) is 1.36. The summed E-state index contributed by atoms with van der Waals surface area (Å²) >= 11 is 0. The number of aromatic nitrogens is 3. The lowest BCUT2D eigenvalue weighted by molar-refractivity contribution is 0.0945. The molecule has 1 amide bonds. The minimum Gasteiger partial charge on any atom is -0.346 e. The first-order chi connectivity index (χ1) is 15.4. The van der Waals surface area contributed by atoms with Crippen LogP contribution in [-0.4, -0.2) is 20.9 Å². The van der Waals surface area contributed by atoms with Gasteiger partial charge in [0.25, 0.3) is 5.91 Å². The van der Waals surface area contributed by atoms with Gasteiger partial charge in [0.2, 0.25) is 0 Å². The maximum Gasteiger partial charge on any atom is 0.271 e. The van der Waals surface area contributed by atoms with Gasteiger partial charge in [-0.15, -0.1) is 0 Å². The zero-order valence-electron chi connectivity index (χ0n) is 17.6. The summed E-state index contributed by atoms with van der Waals surface area (Å²) in [5.41, 5.74) is 4.45. The summed E-state index contributed by atoms with van der Waals surface area (Å²) in [7, 11) is 0. The Bertz CT molecular complexity index is 1270. The van der Waals surface area contributed by atoms with Crippen molar-refractivity contribution in [1.82, 2.24) is 20.3 Å². The van der Waals surface area contributed by atoms with Crippen molar-refractivity contribution >= 4 is 5.91 Å². The summed E-state index contributed by atoms with van der Waals surface area (Å²) in [6, 6.07) is 15.9. The van der Waals surface area contributed by atoms with E-state index >= 15 is 0 Å². The molecule has 0 unspecified atom stereocenters. The minimum atomic E-state index is -0.477. The van der Waals surface area contributed by atoms with E-state index in [0.29, 0.717) is 22.5 Å². The van der Waals surface area contributed by atoms with Crippen LogP contribution in [0.2, 0.25) is 0 Å². The third kappa shape index (κ3) is 4.67. The van der Waals surface area contributed by atoms with E-state index in [1.807, 2.05) is 26.0 Å². The van der Waals surface area contributed by atoms with Crippen molar-refractivity contribution in [2.75, 3.05) is 0 Å². The lowest BCUT2D eigenvalue weighted by atomic mass is 10.0. The zero-order chi connectivity index (χ0) is 22.7. The van der Waals surface area contributed by atoms with Crippen molar-refractivity contribution in [1.29, 1.82) is 0 Å². The van der Waals surface area contributed by atoms with Gasteiger partial charge in [-0.3, -0.25) is 14.8 Å². The van der Waals surface area contributed by atoms with E-state index in [4.69, 9.17) is 0 Å². The number of rotatable bonds is 5. The van der Waals surface area contributed by atoms with Gasteiger partial charge in [0.1, 0.15) is 17.3 Å². The average Bonchev–Trinajstić information content (AvgIpc) is 2.78. The Kier molecular flexibility index (Phi) is 5.98. The molecule has 32 heavy (non-hydrogen) atoms. The molecule has 2 aromatic carbocycles. The van der Waals surface area contributed by atoms with Crippen molar-refractivity contribution in [3.8, 4) is 22.5 Å². The normalized spacial score (nSPS) is 10.8. The number of amides is 1. The first kappa shape index (κ1) is 21.2. The quantitative estimate of drug-likeness (QED) is 0.482. The summed E-state index contributed by atoms with van der Waals surface area (Å²) in [6.45, 7) is 3.76. The number of hydrogen-bond acceptors (Lipinski definition) is 4. The molecule has 0 radical (unpaired) electrons. The molecule has 0 fully saturated rings. The van der Waals surface area contributed by atoms with Crippen molar-refractivity contribution in [2.45, 2.75) is 20.4 Å². The molecule has 4 rings (SSSR count). The van der Waals surface area contributed by atoms with Crippen LogP contribution < -0.4 is 5.32 Å². The molecule has 2 heterocycles. The molecule has 0 aliphatic rings. The van der Waals surface area contributed by atoms with Crippen LogP contribution in [0, 0.1) is 25.5 Å². The monoisotopic (exact) mass is 430 g/mol. The fourth-order valence-corrected chi connectivity index (χ4v) is 3.40. The molecular formula is C25H20F2N4O. The highest BCUT2D eigenvalue weighted by Gasteiger charge is 2.17. The lowest BCUT2D eigenvalue weighted by Crippen LogP contribution is -2.24. The lowest BCUT2D eigenvalue weighted by Gasteiger charge is -2.12. The van der Waals surface area contributed by atoms with Gasteiger partial charge < -0.3 is 5.32 Å². The Morgan fingerprint density at radius 2 is 1.56 bits per heavy atom. The van der Waals surface area contributed by atoms with Crippen LogP contribution in [0.4, 0.5) is 8.78 Å². The Hall–Kier alpha value is -4.00. The topological polar surface area (TPSA) is 67.8 Å². The Labute approximate surface area is 184 Å². The molecule has 1 N–H and O–H groups in total. The third-order valence-corrected chi connectivity index (χ3v) is 4.87. The van der Waals surface area contributed by atoms with E-state index in [9.17, 15) is 13.6 Å². The molecule has 0 aliphatic carbocycles. The second-order valence-electron chi connectivity index (χ2n) is 7.37. The highest BCUT2D eigenvalue weighted by atomic mass is 19.1. The largest absolute Gasteiger partial charge is 0.346 e. The van der Waals surface area contributed by atoms with Crippen LogP contribution in [0.25, 0.3) is 22.5 Å². The van der Waals surface area contributed by atoms with Crippen molar-refractivity contribution in [3.63, 3.8) is 0 Å². The van der Waals surface area contributed by atoms with Crippen LogP contribution >= 0.6 is 0 Å². The van der Waals surface area contributed by atoms with Gasteiger partial charge in [-0.25, -0.2) is 13.8 Å². The molecular weight excluding hydrogens is 410 g/mol. The number of aryl methyl sites for hydroxylation is 2.